The van der Waals surface area contributed by atoms with Crippen molar-refractivity contribution >= 4 is 17.6 Å². The number of carbonyl (C=O) groups is 2. The molecule has 1 fully saturated rings. The van der Waals surface area contributed by atoms with Crippen LogP contribution in [0.3, 0.4) is 0 Å². The van der Waals surface area contributed by atoms with Crippen molar-refractivity contribution in [1.82, 2.24) is 20.4 Å². The number of para-hydroxylation sites is 1. The fourth-order valence-electron chi connectivity index (χ4n) is 4.14. The van der Waals surface area contributed by atoms with Crippen LogP contribution in [0.15, 0.2) is 54.6 Å². The van der Waals surface area contributed by atoms with Gasteiger partial charge in [-0.15, -0.1) is 0 Å². The van der Waals surface area contributed by atoms with Gasteiger partial charge >= 0.3 is 6.03 Å². The summed E-state index contributed by atoms with van der Waals surface area (Å²) >= 11 is 0. The quantitative estimate of drug-likeness (QED) is 0.517. The number of nitrogens with one attached hydrogen (secondary N) is 3. The molecule has 3 amide bonds. The van der Waals surface area contributed by atoms with Gasteiger partial charge in [-0.2, -0.15) is 0 Å². The highest BCUT2D eigenvalue weighted by Crippen LogP contribution is 2.13. The highest BCUT2D eigenvalue weighted by Gasteiger charge is 2.22. The number of anilines is 1. The highest BCUT2D eigenvalue weighted by atomic mass is 16.2. The zero-order valence-electron chi connectivity index (χ0n) is 19.8. The second-order valence-corrected chi connectivity index (χ2v) is 8.52. The molecule has 2 aromatic carbocycles. The zero-order valence-corrected chi connectivity index (χ0v) is 19.8. The van der Waals surface area contributed by atoms with E-state index in [9.17, 15) is 9.59 Å². The summed E-state index contributed by atoms with van der Waals surface area (Å²) in [5, 5.41) is 9.04. The molecule has 0 unspecified atom stereocenters. The van der Waals surface area contributed by atoms with Crippen LogP contribution in [-0.4, -0.2) is 60.5 Å². The number of nitrogens with zero attached hydrogens (tertiary/aromatic N) is 2. The minimum Gasteiger partial charge on any atom is -0.335 e. The number of carbonyl (C=O) groups excluding carboxylic acids is 2. The Balaban J connectivity index is 1.38. The molecule has 0 radical (unpaired) electrons. The second-order valence-electron chi connectivity index (χ2n) is 8.52. The summed E-state index contributed by atoms with van der Waals surface area (Å²) in [6.45, 7) is 9.70. The molecule has 0 saturated carbocycles. The van der Waals surface area contributed by atoms with Crippen molar-refractivity contribution in [3.8, 4) is 0 Å². The first-order valence-corrected chi connectivity index (χ1v) is 12.0. The van der Waals surface area contributed by atoms with Crippen molar-refractivity contribution in [2.45, 2.75) is 45.8 Å². The fraction of sp³-hybridized carbons (Fsp3) is 0.462. The lowest BCUT2D eigenvalue weighted by molar-refractivity contribution is -0.117. The predicted octanol–water partition coefficient (Wildman–Crippen LogP) is 3.43. The zero-order chi connectivity index (χ0) is 23.5. The Morgan fingerprint density at radius 1 is 0.939 bits per heavy atom. The molecule has 33 heavy (non-hydrogen) atoms. The summed E-state index contributed by atoms with van der Waals surface area (Å²) in [4.78, 5) is 29.2. The Morgan fingerprint density at radius 2 is 1.58 bits per heavy atom. The van der Waals surface area contributed by atoms with Gasteiger partial charge in [0.2, 0.25) is 5.91 Å². The van der Waals surface area contributed by atoms with E-state index in [2.05, 4.69) is 57.8 Å². The maximum Gasteiger partial charge on any atom is 0.315 e. The molecule has 1 aliphatic rings. The molecule has 178 valence electrons. The van der Waals surface area contributed by atoms with Crippen LogP contribution in [0, 0.1) is 0 Å². The highest BCUT2D eigenvalue weighted by molar-refractivity contribution is 5.92. The minimum absolute atomic E-state index is 0.00581. The lowest BCUT2D eigenvalue weighted by atomic mass is 10.1. The van der Waals surface area contributed by atoms with Gasteiger partial charge in [0.25, 0.3) is 0 Å². The molecule has 1 saturated heterocycles. The van der Waals surface area contributed by atoms with Crippen molar-refractivity contribution < 1.29 is 9.59 Å². The molecule has 3 rings (SSSR count). The standard InChI is InChI=1S/C26H37N5O2/c1-3-30(4-2)19-22-11-9-8-10-21(22)18-27-26(33)29-24-14-16-31(17-15-24)20-25(32)28-23-12-6-5-7-13-23/h5-13,24H,3-4,14-20H2,1-2H3,(H,28,32)(H2,27,29,33). The van der Waals surface area contributed by atoms with Crippen molar-refractivity contribution in [3.63, 3.8) is 0 Å². The summed E-state index contributed by atoms with van der Waals surface area (Å²) in [6, 6.07) is 17.8. The van der Waals surface area contributed by atoms with E-state index in [1.807, 2.05) is 36.4 Å². The van der Waals surface area contributed by atoms with Crippen molar-refractivity contribution in [1.29, 1.82) is 0 Å². The van der Waals surface area contributed by atoms with Crippen LogP contribution < -0.4 is 16.0 Å². The number of rotatable bonds is 10. The number of amides is 3. The van der Waals surface area contributed by atoms with E-state index in [0.29, 0.717) is 13.1 Å². The van der Waals surface area contributed by atoms with Crippen molar-refractivity contribution in [2.75, 3.05) is 38.0 Å². The summed E-state index contributed by atoms with van der Waals surface area (Å²) in [5.41, 5.74) is 3.22. The van der Waals surface area contributed by atoms with Gasteiger partial charge in [0.05, 0.1) is 6.54 Å². The third-order valence-electron chi connectivity index (χ3n) is 6.19. The van der Waals surface area contributed by atoms with Crippen LogP contribution in [0.1, 0.15) is 37.8 Å². The van der Waals surface area contributed by atoms with Crippen LogP contribution in [0.2, 0.25) is 0 Å². The Labute approximate surface area is 197 Å². The van der Waals surface area contributed by atoms with Crippen LogP contribution in [0.4, 0.5) is 10.5 Å². The van der Waals surface area contributed by atoms with E-state index < -0.39 is 0 Å². The smallest absolute Gasteiger partial charge is 0.315 e. The second kappa shape index (κ2) is 13.0. The average Bonchev–Trinajstić information content (AvgIpc) is 2.83. The SMILES string of the molecule is CCN(CC)Cc1ccccc1CNC(=O)NC1CCN(CC(=O)Nc2ccccc2)CC1. The molecule has 1 heterocycles. The molecule has 0 aliphatic carbocycles. The summed E-state index contributed by atoms with van der Waals surface area (Å²) in [5.74, 6) is -0.00581. The predicted molar refractivity (Wildman–Crippen MR) is 133 cm³/mol. The van der Waals surface area contributed by atoms with Gasteiger partial charge in [-0.3, -0.25) is 14.6 Å². The van der Waals surface area contributed by atoms with Crippen LogP contribution in [0.5, 0.6) is 0 Å². The molecule has 7 heteroatoms. The van der Waals surface area contributed by atoms with Gasteiger partial charge in [0.1, 0.15) is 0 Å². The molecule has 7 nitrogen and oxygen atoms in total. The lowest BCUT2D eigenvalue weighted by Gasteiger charge is -2.31. The van der Waals surface area contributed by atoms with E-state index >= 15 is 0 Å². The largest absolute Gasteiger partial charge is 0.335 e. The van der Waals surface area contributed by atoms with Gasteiger partial charge in [-0.1, -0.05) is 56.3 Å². The topological polar surface area (TPSA) is 76.7 Å². The Morgan fingerprint density at radius 3 is 2.24 bits per heavy atom. The Kier molecular flexibility index (Phi) is 9.72. The number of likely N-dealkylation sites (tertiary alicyclic amines) is 1. The van der Waals surface area contributed by atoms with E-state index in [0.717, 1.165) is 56.8 Å². The van der Waals surface area contributed by atoms with E-state index in [4.69, 9.17) is 0 Å². The van der Waals surface area contributed by atoms with Gasteiger partial charge in [0.15, 0.2) is 0 Å². The van der Waals surface area contributed by atoms with E-state index in [1.54, 1.807) is 0 Å². The molecule has 1 aliphatic heterocycles. The monoisotopic (exact) mass is 451 g/mol. The van der Waals surface area contributed by atoms with Gasteiger partial charge in [-0.05, 0) is 49.2 Å². The Bertz CT molecular complexity index is 877. The molecule has 0 atom stereocenters. The van der Waals surface area contributed by atoms with Gasteiger partial charge in [0, 0.05) is 37.9 Å². The third kappa shape index (κ3) is 8.18. The molecular weight excluding hydrogens is 414 g/mol. The van der Waals surface area contributed by atoms with Crippen molar-refractivity contribution in [3.05, 3.63) is 65.7 Å². The normalized spacial score (nSPS) is 14.8. The maximum absolute atomic E-state index is 12.5. The van der Waals surface area contributed by atoms with E-state index in [-0.39, 0.29) is 18.0 Å². The fourth-order valence-corrected chi connectivity index (χ4v) is 4.14. The lowest BCUT2D eigenvalue weighted by Crippen LogP contribution is -2.49. The Hall–Kier alpha value is -2.90. The first kappa shape index (κ1) is 24.7. The number of piperidine rings is 1. The molecule has 0 bridgehead atoms. The van der Waals surface area contributed by atoms with Crippen LogP contribution in [-0.2, 0) is 17.9 Å². The number of urea groups is 1. The molecule has 0 aromatic heterocycles. The molecule has 3 N–H and O–H groups in total. The average molecular weight is 452 g/mol. The third-order valence-corrected chi connectivity index (χ3v) is 6.19. The number of benzene rings is 2. The summed E-state index contributed by atoms with van der Waals surface area (Å²) < 4.78 is 0. The van der Waals surface area contributed by atoms with Crippen LogP contribution >= 0.6 is 0 Å². The van der Waals surface area contributed by atoms with E-state index in [1.165, 1.54) is 5.56 Å². The minimum atomic E-state index is -0.132. The molecule has 0 spiro atoms. The molecule has 2 aromatic rings. The van der Waals surface area contributed by atoms with Gasteiger partial charge < -0.3 is 16.0 Å². The molecular formula is C26H37N5O2. The number of hydrogen-bond donors (Lipinski definition) is 3. The summed E-state index contributed by atoms with van der Waals surface area (Å²) in [7, 11) is 0. The first-order valence-electron chi connectivity index (χ1n) is 12.0. The maximum atomic E-state index is 12.5. The van der Waals surface area contributed by atoms with Gasteiger partial charge in [-0.25, -0.2) is 4.79 Å². The van der Waals surface area contributed by atoms with Crippen LogP contribution in [0.25, 0.3) is 0 Å². The summed E-state index contributed by atoms with van der Waals surface area (Å²) in [6.07, 6.45) is 1.68. The van der Waals surface area contributed by atoms with Crippen molar-refractivity contribution in [2.24, 2.45) is 0 Å². The first-order chi connectivity index (χ1) is 16.1. The number of hydrogen-bond acceptors (Lipinski definition) is 4.